The summed E-state index contributed by atoms with van der Waals surface area (Å²) in [5.74, 6) is 0.398. The highest BCUT2D eigenvalue weighted by molar-refractivity contribution is 6.01. The number of amides is 1. The molecule has 0 aliphatic rings. The molecule has 24 heavy (non-hydrogen) atoms. The van der Waals surface area contributed by atoms with Crippen LogP contribution in [0.1, 0.15) is 36.5 Å². The Bertz CT molecular complexity index is 781. The van der Waals surface area contributed by atoms with Gasteiger partial charge in [-0.3, -0.25) is 14.9 Å². The fourth-order valence-electron chi connectivity index (χ4n) is 2.14. The summed E-state index contributed by atoms with van der Waals surface area (Å²) in [4.78, 5) is 26.0. The molecular weight excluding hydrogens is 306 g/mol. The second-order valence-corrected chi connectivity index (χ2v) is 5.76. The average molecular weight is 325 g/mol. The maximum atomic E-state index is 11.9. The number of nitro groups is 1. The van der Waals surface area contributed by atoms with Gasteiger partial charge < -0.3 is 5.32 Å². The Morgan fingerprint density at radius 1 is 1.29 bits per heavy atom. The van der Waals surface area contributed by atoms with Gasteiger partial charge in [-0.25, -0.2) is 4.98 Å². The lowest BCUT2D eigenvalue weighted by atomic mass is 10.0. The van der Waals surface area contributed by atoms with E-state index in [2.05, 4.69) is 24.1 Å². The van der Waals surface area contributed by atoms with Gasteiger partial charge in [0.05, 0.1) is 4.92 Å². The van der Waals surface area contributed by atoms with Crippen LogP contribution in [0.15, 0.2) is 42.6 Å². The SMILES string of the molecule is Cc1cc(NC(=O)/C=C/c2ccc(C(C)C)cc2)ncc1[N+](=O)[O-]. The highest BCUT2D eigenvalue weighted by Crippen LogP contribution is 2.19. The van der Waals surface area contributed by atoms with Crippen molar-refractivity contribution < 1.29 is 9.72 Å². The first kappa shape index (κ1) is 17.3. The molecule has 0 atom stereocenters. The summed E-state index contributed by atoms with van der Waals surface area (Å²) in [6.07, 6.45) is 4.25. The van der Waals surface area contributed by atoms with Crippen molar-refractivity contribution in [2.45, 2.75) is 26.7 Å². The van der Waals surface area contributed by atoms with Crippen molar-refractivity contribution in [3.05, 3.63) is 69.4 Å². The van der Waals surface area contributed by atoms with E-state index in [1.165, 1.54) is 17.7 Å². The van der Waals surface area contributed by atoms with Crippen molar-refractivity contribution in [2.75, 3.05) is 5.32 Å². The van der Waals surface area contributed by atoms with Crippen molar-refractivity contribution in [3.8, 4) is 0 Å². The number of carbonyl (C=O) groups excluding carboxylic acids is 1. The zero-order chi connectivity index (χ0) is 17.7. The molecule has 1 aromatic carbocycles. The Hall–Kier alpha value is -3.02. The van der Waals surface area contributed by atoms with Crippen LogP contribution in [0, 0.1) is 17.0 Å². The number of carbonyl (C=O) groups is 1. The number of rotatable bonds is 5. The van der Waals surface area contributed by atoms with Gasteiger partial charge in [-0.15, -0.1) is 0 Å². The van der Waals surface area contributed by atoms with E-state index < -0.39 is 4.92 Å². The van der Waals surface area contributed by atoms with E-state index in [4.69, 9.17) is 0 Å². The van der Waals surface area contributed by atoms with Gasteiger partial charge >= 0.3 is 0 Å². The first-order valence-corrected chi connectivity index (χ1v) is 7.57. The van der Waals surface area contributed by atoms with E-state index in [0.29, 0.717) is 11.5 Å². The summed E-state index contributed by atoms with van der Waals surface area (Å²) in [6, 6.07) is 9.44. The molecule has 0 spiro atoms. The largest absolute Gasteiger partial charge is 0.307 e. The van der Waals surface area contributed by atoms with Gasteiger partial charge in [-0.2, -0.15) is 0 Å². The minimum Gasteiger partial charge on any atom is -0.307 e. The monoisotopic (exact) mass is 325 g/mol. The van der Waals surface area contributed by atoms with Crippen LogP contribution in [0.5, 0.6) is 0 Å². The van der Waals surface area contributed by atoms with Crippen LogP contribution in [-0.2, 0) is 4.79 Å². The summed E-state index contributed by atoms with van der Waals surface area (Å²) in [7, 11) is 0. The molecule has 124 valence electrons. The molecule has 0 fully saturated rings. The molecule has 1 amide bonds. The van der Waals surface area contributed by atoms with Crippen LogP contribution >= 0.6 is 0 Å². The number of benzene rings is 1. The van der Waals surface area contributed by atoms with Crippen molar-refractivity contribution in [3.63, 3.8) is 0 Å². The third kappa shape index (κ3) is 4.49. The van der Waals surface area contributed by atoms with Crippen molar-refractivity contribution in [1.82, 2.24) is 4.98 Å². The molecule has 2 rings (SSSR count). The normalized spacial score (nSPS) is 11.0. The van der Waals surface area contributed by atoms with E-state index in [0.717, 1.165) is 11.8 Å². The fourth-order valence-corrected chi connectivity index (χ4v) is 2.14. The number of nitrogens with one attached hydrogen (secondary N) is 1. The van der Waals surface area contributed by atoms with E-state index in [1.54, 1.807) is 13.0 Å². The Labute approximate surface area is 140 Å². The van der Waals surface area contributed by atoms with Gasteiger partial charge in [0, 0.05) is 11.6 Å². The number of aromatic nitrogens is 1. The highest BCUT2D eigenvalue weighted by Gasteiger charge is 2.12. The van der Waals surface area contributed by atoms with Gasteiger partial charge in [0.25, 0.3) is 5.69 Å². The molecule has 6 nitrogen and oxygen atoms in total. The number of anilines is 1. The van der Waals surface area contributed by atoms with Crippen LogP contribution in [0.3, 0.4) is 0 Å². The number of aryl methyl sites for hydroxylation is 1. The molecule has 0 radical (unpaired) electrons. The van der Waals surface area contributed by atoms with Gasteiger partial charge in [0.15, 0.2) is 0 Å². The minimum atomic E-state index is -0.505. The van der Waals surface area contributed by atoms with Gasteiger partial charge in [0.2, 0.25) is 5.91 Å². The quantitative estimate of drug-likeness (QED) is 0.510. The lowest BCUT2D eigenvalue weighted by Crippen LogP contribution is -2.09. The standard InChI is InChI=1S/C18H19N3O3/c1-12(2)15-7-4-14(5-8-15)6-9-18(22)20-17-10-13(3)16(11-19-17)21(23)24/h4-12H,1-3H3,(H,19,20,22)/b9-6+. The first-order chi connectivity index (χ1) is 11.4. The van der Waals surface area contributed by atoms with Gasteiger partial charge in [-0.05, 0) is 36.1 Å². The molecule has 6 heteroatoms. The Morgan fingerprint density at radius 2 is 1.96 bits per heavy atom. The Balaban J connectivity index is 2.02. The smallest absolute Gasteiger partial charge is 0.290 e. The summed E-state index contributed by atoms with van der Waals surface area (Å²) in [6.45, 7) is 5.84. The third-order valence-corrected chi connectivity index (χ3v) is 3.56. The van der Waals surface area contributed by atoms with Crippen molar-refractivity contribution >= 4 is 23.5 Å². The van der Waals surface area contributed by atoms with E-state index in [1.807, 2.05) is 24.3 Å². The van der Waals surface area contributed by atoms with Crippen molar-refractivity contribution in [1.29, 1.82) is 0 Å². The number of hydrogen-bond donors (Lipinski definition) is 1. The summed E-state index contributed by atoms with van der Waals surface area (Å²) >= 11 is 0. The fraction of sp³-hybridized carbons (Fsp3) is 0.222. The van der Waals surface area contributed by atoms with Crippen LogP contribution in [0.4, 0.5) is 11.5 Å². The maximum absolute atomic E-state index is 11.9. The van der Waals surface area contributed by atoms with Crippen LogP contribution < -0.4 is 5.32 Å². The Morgan fingerprint density at radius 3 is 2.50 bits per heavy atom. The maximum Gasteiger partial charge on any atom is 0.290 e. The molecule has 0 saturated heterocycles. The van der Waals surface area contributed by atoms with E-state index in [9.17, 15) is 14.9 Å². The molecular formula is C18H19N3O3. The number of nitrogens with zero attached hydrogens (tertiary/aromatic N) is 2. The van der Waals surface area contributed by atoms with Crippen LogP contribution in [0.2, 0.25) is 0 Å². The lowest BCUT2D eigenvalue weighted by Gasteiger charge is -2.05. The first-order valence-electron chi connectivity index (χ1n) is 7.57. The third-order valence-electron chi connectivity index (χ3n) is 3.56. The molecule has 0 unspecified atom stereocenters. The molecule has 1 N–H and O–H groups in total. The zero-order valence-corrected chi connectivity index (χ0v) is 13.8. The summed E-state index contributed by atoms with van der Waals surface area (Å²) in [5, 5.41) is 13.3. The molecule has 1 heterocycles. The predicted molar refractivity (Wildman–Crippen MR) is 93.8 cm³/mol. The topological polar surface area (TPSA) is 85.1 Å². The lowest BCUT2D eigenvalue weighted by molar-refractivity contribution is -0.385. The molecule has 0 bridgehead atoms. The molecule has 2 aromatic rings. The predicted octanol–water partition coefficient (Wildman–Crippen LogP) is 4.07. The Kier molecular flexibility index (Phi) is 5.42. The van der Waals surface area contributed by atoms with E-state index >= 15 is 0 Å². The average Bonchev–Trinajstić information content (AvgIpc) is 2.53. The summed E-state index contributed by atoms with van der Waals surface area (Å²) in [5.41, 5.74) is 2.52. The highest BCUT2D eigenvalue weighted by atomic mass is 16.6. The molecule has 0 aliphatic carbocycles. The molecule has 0 saturated carbocycles. The number of pyridine rings is 1. The number of hydrogen-bond acceptors (Lipinski definition) is 4. The van der Waals surface area contributed by atoms with Gasteiger partial charge in [-0.1, -0.05) is 38.1 Å². The van der Waals surface area contributed by atoms with Crippen molar-refractivity contribution in [2.24, 2.45) is 0 Å². The van der Waals surface area contributed by atoms with Crippen LogP contribution in [-0.4, -0.2) is 15.8 Å². The second kappa shape index (κ2) is 7.50. The molecule has 1 aromatic heterocycles. The molecule has 0 aliphatic heterocycles. The summed E-state index contributed by atoms with van der Waals surface area (Å²) < 4.78 is 0. The van der Waals surface area contributed by atoms with E-state index in [-0.39, 0.29) is 17.4 Å². The van der Waals surface area contributed by atoms with Crippen LogP contribution in [0.25, 0.3) is 6.08 Å². The van der Waals surface area contributed by atoms with Gasteiger partial charge in [0.1, 0.15) is 12.0 Å². The zero-order valence-electron chi connectivity index (χ0n) is 13.8. The second-order valence-electron chi connectivity index (χ2n) is 5.76. The minimum absolute atomic E-state index is 0.0752.